The normalized spacial score (nSPS) is 28.4. The number of nitrogens with one attached hydrogen (secondary N) is 1. The van der Waals surface area contributed by atoms with Crippen LogP contribution in [0.1, 0.15) is 6.42 Å². The van der Waals surface area contributed by atoms with Crippen molar-refractivity contribution in [1.29, 1.82) is 0 Å². The lowest BCUT2D eigenvalue weighted by atomic mass is 9.82. The predicted molar refractivity (Wildman–Crippen MR) is 65.9 cm³/mol. The SMILES string of the molecule is COC1=C(C(=O)O)N2C(=O)[C@H]3NC[C@@H](C1)[C@H]32.O=C(O)C(F)(F)F. The molecular formula is C12H13F3N2O6. The number of carboxylic acid groups (broad SMARTS) is 2. The Morgan fingerprint density at radius 1 is 1.35 bits per heavy atom. The molecule has 0 aromatic carbocycles. The summed E-state index contributed by atoms with van der Waals surface area (Å²) in [6.07, 6.45) is -4.49. The maximum atomic E-state index is 11.7. The van der Waals surface area contributed by atoms with Gasteiger partial charge in [0, 0.05) is 18.9 Å². The summed E-state index contributed by atoms with van der Waals surface area (Å²) in [6.45, 7) is 0.747. The largest absolute Gasteiger partial charge is 0.499 e. The highest BCUT2D eigenvalue weighted by Gasteiger charge is 2.60. The van der Waals surface area contributed by atoms with Crippen LogP contribution in [0.2, 0.25) is 0 Å². The van der Waals surface area contributed by atoms with Crippen molar-refractivity contribution < 1.29 is 42.5 Å². The summed E-state index contributed by atoms with van der Waals surface area (Å²) < 4.78 is 36.8. The third-order valence-corrected chi connectivity index (χ3v) is 3.87. The van der Waals surface area contributed by atoms with Gasteiger partial charge in [0.05, 0.1) is 13.2 Å². The number of aliphatic carboxylic acids is 2. The fraction of sp³-hybridized carbons (Fsp3) is 0.583. The highest BCUT2D eigenvalue weighted by atomic mass is 19.4. The highest BCUT2D eigenvalue weighted by molar-refractivity contribution is 6.00. The van der Waals surface area contributed by atoms with Crippen molar-refractivity contribution in [3.8, 4) is 0 Å². The number of alkyl halides is 3. The lowest BCUT2D eigenvalue weighted by Gasteiger charge is -2.48. The van der Waals surface area contributed by atoms with Crippen LogP contribution in [0.25, 0.3) is 0 Å². The summed E-state index contributed by atoms with van der Waals surface area (Å²) in [5.74, 6) is -3.31. The van der Waals surface area contributed by atoms with E-state index in [4.69, 9.17) is 19.7 Å². The Morgan fingerprint density at radius 2 is 1.91 bits per heavy atom. The van der Waals surface area contributed by atoms with Crippen molar-refractivity contribution in [3.05, 3.63) is 11.5 Å². The van der Waals surface area contributed by atoms with Crippen LogP contribution in [0.4, 0.5) is 13.2 Å². The maximum absolute atomic E-state index is 11.7. The van der Waals surface area contributed by atoms with Crippen LogP contribution in [0.15, 0.2) is 11.5 Å². The molecule has 3 heterocycles. The molecule has 1 amide bonds. The number of carbonyl (C=O) groups excluding carboxylic acids is 1. The zero-order chi connectivity index (χ0) is 17.5. The molecule has 23 heavy (non-hydrogen) atoms. The minimum Gasteiger partial charge on any atom is -0.499 e. The standard InChI is InChI=1S/C10H12N2O4.C2HF3O2/c1-16-5-2-4-3-11-6-7(4)12(9(6)13)8(5)10(14)15;3-2(4,5)1(6)7/h4,6-7,11H,2-3H2,1H3,(H,14,15);(H,6,7)/t4-,6+,7-;/m1./s1. The Labute approximate surface area is 127 Å². The highest BCUT2D eigenvalue weighted by Crippen LogP contribution is 2.43. The van der Waals surface area contributed by atoms with Crippen molar-refractivity contribution >= 4 is 17.8 Å². The van der Waals surface area contributed by atoms with Gasteiger partial charge in [-0.2, -0.15) is 13.2 Å². The van der Waals surface area contributed by atoms with Gasteiger partial charge in [-0.1, -0.05) is 0 Å². The summed E-state index contributed by atoms with van der Waals surface area (Å²) in [5, 5.41) is 19.4. The van der Waals surface area contributed by atoms with E-state index in [9.17, 15) is 22.8 Å². The topological polar surface area (TPSA) is 116 Å². The van der Waals surface area contributed by atoms with E-state index in [1.165, 1.54) is 12.0 Å². The monoisotopic (exact) mass is 338 g/mol. The number of amides is 1. The van der Waals surface area contributed by atoms with Gasteiger partial charge in [0.2, 0.25) is 5.91 Å². The van der Waals surface area contributed by atoms with Crippen LogP contribution in [0, 0.1) is 5.92 Å². The van der Waals surface area contributed by atoms with Crippen molar-refractivity contribution in [3.63, 3.8) is 0 Å². The Kier molecular flexibility index (Phi) is 4.24. The van der Waals surface area contributed by atoms with Gasteiger partial charge in [0.25, 0.3) is 0 Å². The lowest BCUT2D eigenvalue weighted by molar-refractivity contribution is -0.192. The summed E-state index contributed by atoms with van der Waals surface area (Å²) >= 11 is 0. The number of ether oxygens (including phenoxy) is 1. The molecule has 0 unspecified atom stereocenters. The molecule has 3 rings (SSSR count). The smallest absolute Gasteiger partial charge is 0.490 e. The van der Waals surface area contributed by atoms with Gasteiger partial charge in [0.1, 0.15) is 11.8 Å². The Hall–Kier alpha value is -2.30. The molecule has 0 saturated carbocycles. The fourth-order valence-electron chi connectivity index (χ4n) is 2.92. The molecule has 2 saturated heterocycles. The van der Waals surface area contributed by atoms with Gasteiger partial charge in [0.15, 0.2) is 5.70 Å². The molecular weight excluding hydrogens is 325 g/mol. The van der Waals surface area contributed by atoms with E-state index in [0.717, 1.165) is 6.54 Å². The molecule has 8 nitrogen and oxygen atoms in total. The molecule has 0 radical (unpaired) electrons. The second kappa shape index (κ2) is 5.72. The Balaban J connectivity index is 0.000000236. The Morgan fingerprint density at radius 3 is 2.35 bits per heavy atom. The summed E-state index contributed by atoms with van der Waals surface area (Å²) in [5.41, 5.74) is 0.0219. The molecule has 0 aromatic heterocycles. The first kappa shape index (κ1) is 17.1. The zero-order valence-corrected chi connectivity index (χ0v) is 11.8. The molecule has 3 atom stereocenters. The van der Waals surface area contributed by atoms with E-state index in [1.807, 2.05) is 0 Å². The van der Waals surface area contributed by atoms with E-state index in [1.54, 1.807) is 0 Å². The van der Waals surface area contributed by atoms with Crippen molar-refractivity contribution in [2.75, 3.05) is 13.7 Å². The minimum atomic E-state index is -5.08. The van der Waals surface area contributed by atoms with Gasteiger partial charge in [-0.25, -0.2) is 9.59 Å². The molecule has 0 bridgehead atoms. The number of β-lactam (4-membered cyclic amide) rings is 1. The van der Waals surface area contributed by atoms with E-state index in [2.05, 4.69) is 5.32 Å². The number of halogens is 3. The van der Waals surface area contributed by atoms with E-state index < -0.39 is 18.1 Å². The number of carbonyl (C=O) groups is 3. The van der Waals surface area contributed by atoms with Gasteiger partial charge >= 0.3 is 18.1 Å². The molecule has 2 fully saturated rings. The zero-order valence-electron chi connectivity index (χ0n) is 11.8. The molecule has 3 aliphatic heterocycles. The van der Waals surface area contributed by atoms with Crippen LogP contribution in [-0.2, 0) is 19.1 Å². The number of carboxylic acids is 2. The Bertz CT molecular complexity index is 588. The number of nitrogens with zero attached hydrogens (tertiary/aromatic N) is 1. The van der Waals surface area contributed by atoms with Gasteiger partial charge in [-0.15, -0.1) is 0 Å². The lowest BCUT2D eigenvalue weighted by Crippen LogP contribution is -2.68. The molecule has 11 heteroatoms. The van der Waals surface area contributed by atoms with Crippen molar-refractivity contribution in [1.82, 2.24) is 10.2 Å². The average Bonchev–Trinajstić information content (AvgIpc) is 2.85. The number of allylic oxidation sites excluding steroid dienone is 1. The average molecular weight is 338 g/mol. The van der Waals surface area contributed by atoms with Crippen molar-refractivity contribution in [2.45, 2.75) is 24.7 Å². The molecule has 128 valence electrons. The second-order valence-electron chi connectivity index (χ2n) is 5.13. The first-order valence-electron chi connectivity index (χ1n) is 6.46. The van der Waals surface area contributed by atoms with E-state index in [0.29, 0.717) is 12.2 Å². The van der Waals surface area contributed by atoms with Gasteiger partial charge in [-0.05, 0) is 0 Å². The van der Waals surface area contributed by atoms with E-state index >= 15 is 0 Å². The summed E-state index contributed by atoms with van der Waals surface area (Å²) in [6, 6.07) is -0.171. The van der Waals surface area contributed by atoms with Gasteiger partial charge < -0.3 is 20.3 Å². The van der Waals surface area contributed by atoms with Crippen LogP contribution in [-0.4, -0.2) is 64.9 Å². The van der Waals surface area contributed by atoms with Crippen LogP contribution < -0.4 is 5.32 Å². The first-order valence-corrected chi connectivity index (χ1v) is 6.46. The number of rotatable bonds is 2. The number of methoxy groups -OCH3 is 1. The molecule has 3 N–H and O–H groups in total. The van der Waals surface area contributed by atoms with Crippen LogP contribution >= 0.6 is 0 Å². The molecule has 0 aromatic rings. The van der Waals surface area contributed by atoms with Crippen LogP contribution in [0.5, 0.6) is 0 Å². The first-order chi connectivity index (χ1) is 10.6. The van der Waals surface area contributed by atoms with E-state index in [-0.39, 0.29) is 29.6 Å². The second-order valence-corrected chi connectivity index (χ2v) is 5.13. The summed E-state index contributed by atoms with van der Waals surface area (Å²) in [7, 11) is 1.45. The predicted octanol–water partition coefficient (Wildman–Crippen LogP) is -0.235. The minimum absolute atomic E-state index is 0.0116. The van der Waals surface area contributed by atoms with Crippen molar-refractivity contribution in [2.24, 2.45) is 5.92 Å². The molecule has 0 spiro atoms. The quantitative estimate of drug-likeness (QED) is 0.595. The third kappa shape index (κ3) is 2.83. The third-order valence-electron chi connectivity index (χ3n) is 3.87. The van der Waals surface area contributed by atoms with Crippen LogP contribution in [0.3, 0.4) is 0 Å². The van der Waals surface area contributed by atoms with Gasteiger partial charge in [-0.3, -0.25) is 9.69 Å². The molecule has 3 aliphatic rings. The molecule has 0 aliphatic carbocycles. The fourth-order valence-corrected chi connectivity index (χ4v) is 2.92. The maximum Gasteiger partial charge on any atom is 0.490 e. The number of hydrogen-bond acceptors (Lipinski definition) is 5. The number of hydrogen-bond donors (Lipinski definition) is 3. The summed E-state index contributed by atoms with van der Waals surface area (Å²) in [4.78, 5) is 33.2.